The number of esters is 1. The van der Waals surface area contributed by atoms with Crippen molar-refractivity contribution in [2.45, 2.75) is 42.0 Å². The van der Waals surface area contributed by atoms with Crippen molar-refractivity contribution in [1.29, 1.82) is 0 Å². The second-order valence-corrected chi connectivity index (χ2v) is 11.8. The zero-order valence-corrected chi connectivity index (χ0v) is 22.4. The first kappa shape index (κ1) is 29.4. The number of phenolic OH excluding ortho intramolecular Hbond substituents is 2. The van der Waals surface area contributed by atoms with Crippen LogP contribution in [0, 0.1) is 11.6 Å². The van der Waals surface area contributed by atoms with E-state index in [-0.39, 0.29) is 49.4 Å². The number of hydrogen-bond acceptors (Lipinski definition) is 12. The molecule has 16 heteroatoms. The summed E-state index contributed by atoms with van der Waals surface area (Å²) in [6.45, 7) is -0.721. The molecule has 0 amide bonds. The Kier molecular flexibility index (Phi) is 7.84. The van der Waals surface area contributed by atoms with Crippen molar-refractivity contribution in [3.8, 4) is 17.2 Å². The molecule has 3 heterocycles. The SMILES string of the molecule is COc1c(O)c(CN2CCN(S(=O)(=O)c3ccc(F)c(F)c3)CC2)c2c(c1O)C1O[C@H](CO)[C@@H](O)[C@H](O)C1OC2=O. The molecule has 224 valence electrons. The number of ether oxygens (including phenoxy) is 3. The van der Waals surface area contributed by atoms with Gasteiger partial charge in [0.25, 0.3) is 0 Å². The summed E-state index contributed by atoms with van der Waals surface area (Å²) in [5.41, 5.74) is -0.459. The lowest BCUT2D eigenvalue weighted by Crippen LogP contribution is -2.58. The molecule has 5 atom stereocenters. The molecule has 2 unspecified atom stereocenters. The molecule has 5 rings (SSSR count). The first-order valence-corrected chi connectivity index (χ1v) is 14.0. The number of rotatable bonds is 6. The Labute approximate surface area is 232 Å². The van der Waals surface area contributed by atoms with Crippen molar-refractivity contribution >= 4 is 16.0 Å². The van der Waals surface area contributed by atoms with Crippen LogP contribution in [0.4, 0.5) is 8.78 Å². The van der Waals surface area contributed by atoms with Gasteiger partial charge in [-0.25, -0.2) is 22.0 Å². The number of halogens is 2. The van der Waals surface area contributed by atoms with E-state index in [4.69, 9.17) is 14.2 Å². The predicted octanol–water partition coefficient (Wildman–Crippen LogP) is -0.416. The Hall–Kier alpha value is -3.12. The lowest BCUT2D eigenvalue weighted by atomic mass is 9.84. The zero-order chi connectivity index (χ0) is 29.8. The summed E-state index contributed by atoms with van der Waals surface area (Å²) < 4.78 is 70.2. The summed E-state index contributed by atoms with van der Waals surface area (Å²) in [6, 6.07) is 2.30. The summed E-state index contributed by atoms with van der Waals surface area (Å²) in [6.07, 6.45) is -7.29. The highest BCUT2D eigenvalue weighted by atomic mass is 32.2. The summed E-state index contributed by atoms with van der Waals surface area (Å²) >= 11 is 0. The lowest BCUT2D eigenvalue weighted by molar-refractivity contribution is -0.235. The number of methoxy groups -OCH3 is 1. The van der Waals surface area contributed by atoms with Gasteiger partial charge in [-0.1, -0.05) is 0 Å². The molecular weight excluding hydrogens is 574 g/mol. The summed E-state index contributed by atoms with van der Waals surface area (Å²) in [4.78, 5) is 14.5. The van der Waals surface area contributed by atoms with Crippen LogP contribution in [0.2, 0.25) is 0 Å². The van der Waals surface area contributed by atoms with Crippen LogP contribution in [0.5, 0.6) is 17.2 Å². The molecule has 0 radical (unpaired) electrons. The van der Waals surface area contributed by atoms with Gasteiger partial charge < -0.3 is 39.7 Å². The van der Waals surface area contributed by atoms with Crippen molar-refractivity contribution < 1.29 is 61.7 Å². The highest BCUT2D eigenvalue weighted by molar-refractivity contribution is 7.89. The van der Waals surface area contributed by atoms with Gasteiger partial charge in [0, 0.05) is 43.9 Å². The van der Waals surface area contributed by atoms with Gasteiger partial charge in [0.2, 0.25) is 15.8 Å². The Balaban J connectivity index is 1.44. The smallest absolute Gasteiger partial charge is 0.339 e. The first-order valence-electron chi connectivity index (χ1n) is 12.6. The van der Waals surface area contributed by atoms with Gasteiger partial charge in [-0.3, -0.25) is 4.90 Å². The predicted molar refractivity (Wildman–Crippen MR) is 133 cm³/mol. The highest BCUT2D eigenvalue weighted by Gasteiger charge is 2.53. The molecule has 0 aliphatic carbocycles. The van der Waals surface area contributed by atoms with Gasteiger partial charge in [-0.15, -0.1) is 0 Å². The molecule has 41 heavy (non-hydrogen) atoms. The van der Waals surface area contributed by atoms with E-state index in [0.29, 0.717) is 6.07 Å². The highest BCUT2D eigenvalue weighted by Crippen LogP contribution is 2.52. The van der Waals surface area contributed by atoms with Crippen molar-refractivity contribution in [2.24, 2.45) is 0 Å². The molecule has 3 aliphatic heterocycles. The third-order valence-corrected chi connectivity index (χ3v) is 9.48. The van der Waals surface area contributed by atoms with E-state index in [2.05, 4.69) is 0 Å². The molecule has 2 aromatic rings. The van der Waals surface area contributed by atoms with Crippen molar-refractivity contribution in [1.82, 2.24) is 9.21 Å². The molecule has 5 N–H and O–H groups in total. The van der Waals surface area contributed by atoms with Crippen molar-refractivity contribution in [3.63, 3.8) is 0 Å². The minimum absolute atomic E-state index is 0.0280. The number of carbonyl (C=O) groups excluding carboxylic acids is 1. The number of sulfonamides is 1. The molecule has 2 fully saturated rings. The van der Waals surface area contributed by atoms with Crippen LogP contribution in [-0.4, -0.2) is 113 Å². The standard InChI is InChI=1S/C25H28F2N2O11S/c1-38-23-18(31)12(9-28-4-6-29(7-5-28)41(36,37)11-2-3-13(26)14(27)8-11)16-17(20(23)33)22-24(40-25(16)35)21(34)19(32)15(10-30)39-22/h2-3,8,15,19,21-22,24,30-34H,4-7,9-10H2,1H3/t15-,19-,21+,22?,24?/m1/s1. The van der Waals surface area contributed by atoms with E-state index < -0.39 is 86.9 Å². The summed E-state index contributed by atoms with van der Waals surface area (Å²) in [5.74, 6) is -5.13. The summed E-state index contributed by atoms with van der Waals surface area (Å²) in [5, 5.41) is 52.3. The van der Waals surface area contributed by atoms with Gasteiger partial charge in [0.05, 0.1) is 24.2 Å². The molecule has 13 nitrogen and oxygen atoms in total. The van der Waals surface area contributed by atoms with Crippen LogP contribution in [0.25, 0.3) is 0 Å². The van der Waals surface area contributed by atoms with E-state index in [1.54, 1.807) is 4.90 Å². The van der Waals surface area contributed by atoms with E-state index in [0.717, 1.165) is 16.4 Å². The summed E-state index contributed by atoms with van der Waals surface area (Å²) in [7, 11) is -2.96. The maximum absolute atomic E-state index is 13.7. The number of carbonyl (C=O) groups is 1. The molecule has 0 bridgehead atoms. The molecule has 2 saturated heterocycles. The van der Waals surface area contributed by atoms with Gasteiger partial charge in [-0.2, -0.15) is 4.31 Å². The maximum atomic E-state index is 13.7. The molecule has 2 aromatic carbocycles. The Bertz CT molecular complexity index is 1470. The van der Waals surface area contributed by atoms with Gasteiger partial charge in [0.15, 0.2) is 29.2 Å². The fourth-order valence-corrected chi connectivity index (χ4v) is 6.84. The van der Waals surface area contributed by atoms with E-state index >= 15 is 0 Å². The van der Waals surface area contributed by atoms with Gasteiger partial charge in [0.1, 0.15) is 24.4 Å². The molecule has 0 saturated carbocycles. The average molecular weight is 603 g/mol. The minimum Gasteiger partial charge on any atom is -0.504 e. The number of phenols is 2. The second kappa shape index (κ2) is 10.9. The number of benzene rings is 2. The largest absolute Gasteiger partial charge is 0.504 e. The van der Waals surface area contributed by atoms with Gasteiger partial charge in [-0.05, 0) is 18.2 Å². The van der Waals surface area contributed by atoms with Crippen LogP contribution in [0.3, 0.4) is 0 Å². The number of nitrogens with zero attached hydrogens (tertiary/aromatic N) is 2. The van der Waals surface area contributed by atoms with Crippen LogP contribution in [-0.2, 0) is 26.0 Å². The van der Waals surface area contributed by atoms with Crippen LogP contribution < -0.4 is 4.74 Å². The van der Waals surface area contributed by atoms with E-state index in [9.17, 15) is 47.5 Å². The first-order chi connectivity index (χ1) is 19.4. The Morgan fingerprint density at radius 1 is 1.05 bits per heavy atom. The van der Waals surface area contributed by atoms with Crippen molar-refractivity contribution in [3.05, 3.63) is 46.5 Å². The third kappa shape index (κ3) is 4.88. The Morgan fingerprint density at radius 2 is 1.73 bits per heavy atom. The average Bonchev–Trinajstić information content (AvgIpc) is 2.95. The number of aliphatic hydroxyl groups excluding tert-OH is 3. The van der Waals surface area contributed by atoms with E-state index in [1.165, 1.54) is 7.11 Å². The van der Waals surface area contributed by atoms with E-state index in [1.807, 2.05) is 0 Å². The lowest BCUT2D eigenvalue weighted by Gasteiger charge is -2.45. The number of aliphatic hydroxyl groups is 3. The fourth-order valence-electron chi connectivity index (χ4n) is 5.40. The minimum atomic E-state index is -4.13. The monoisotopic (exact) mass is 602 g/mol. The topological polar surface area (TPSA) is 187 Å². The number of piperazine rings is 1. The van der Waals surface area contributed by atoms with Crippen LogP contribution >= 0.6 is 0 Å². The normalized spacial score (nSPS) is 27.2. The van der Waals surface area contributed by atoms with Gasteiger partial charge >= 0.3 is 5.97 Å². The quantitative estimate of drug-likeness (QED) is 0.270. The number of fused-ring (bicyclic) bond motifs is 3. The molecule has 0 spiro atoms. The number of aromatic hydroxyl groups is 2. The second-order valence-electron chi connectivity index (χ2n) is 9.88. The maximum Gasteiger partial charge on any atom is 0.339 e. The molecule has 3 aliphatic rings. The number of hydrogen-bond donors (Lipinski definition) is 5. The Morgan fingerprint density at radius 3 is 2.34 bits per heavy atom. The fraction of sp³-hybridized carbons (Fsp3) is 0.480. The zero-order valence-electron chi connectivity index (χ0n) is 21.6. The molecular formula is C25H28F2N2O11S. The van der Waals surface area contributed by atoms with Crippen LogP contribution in [0.15, 0.2) is 23.1 Å². The van der Waals surface area contributed by atoms with Crippen LogP contribution in [0.1, 0.15) is 27.6 Å². The van der Waals surface area contributed by atoms with Crippen molar-refractivity contribution in [2.75, 3.05) is 39.9 Å². The third-order valence-electron chi connectivity index (χ3n) is 7.59. The molecule has 0 aromatic heterocycles.